The Balaban J connectivity index is 1.84. The molecule has 0 radical (unpaired) electrons. The molecule has 1 saturated carbocycles. The van der Waals surface area contributed by atoms with Gasteiger partial charge in [0, 0.05) is 12.2 Å². The molecule has 2 aliphatic rings. The number of rotatable bonds is 4. The number of anilines is 1. The summed E-state index contributed by atoms with van der Waals surface area (Å²) in [6.45, 7) is 5.74. The van der Waals surface area contributed by atoms with E-state index in [4.69, 9.17) is 15.2 Å². The zero-order valence-corrected chi connectivity index (χ0v) is 15.3. The van der Waals surface area contributed by atoms with Gasteiger partial charge in [-0.1, -0.05) is 23.9 Å². The normalized spacial score (nSPS) is 30.9. The van der Waals surface area contributed by atoms with Crippen molar-refractivity contribution in [2.75, 3.05) is 11.5 Å². The van der Waals surface area contributed by atoms with Gasteiger partial charge in [0.25, 0.3) is 0 Å². The van der Waals surface area contributed by atoms with Crippen molar-refractivity contribution in [1.82, 2.24) is 25.0 Å². The maximum atomic E-state index is 10.4. The molecule has 25 heavy (non-hydrogen) atoms. The van der Waals surface area contributed by atoms with Gasteiger partial charge in [-0.2, -0.15) is 4.68 Å². The van der Waals surface area contributed by atoms with Gasteiger partial charge in [0.05, 0.1) is 6.10 Å². The number of nitrogens with zero attached hydrogens (tertiary/aromatic N) is 5. The Bertz CT molecular complexity index is 812. The van der Waals surface area contributed by atoms with Crippen LogP contribution in [0.25, 0.3) is 11.2 Å². The number of nitrogens with two attached hydrogens (primary N) is 1. The number of hydrogen-bond acceptors (Lipinski definition) is 9. The fourth-order valence-electron chi connectivity index (χ4n) is 3.58. The van der Waals surface area contributed by atoms with Crippen molar-refractivity contribution < 1.29 is 14.6 Å². The van der Waals surface area contributed by atoms with Crippen LogP contribution in [0.1, 0.15) is 40.0 Å². The molecule has 0 amide bonds. The summed E-state index contributed by atoms with van der Waals surface area (Å²) in [7, 11) is 0. The molecule has 0 aromatic carbocycles. The molecule has 3 heterocycles. The number of fused-ring (bicyclic) bond motifs is 2. The Morgan fingerprint density at radius 1 is 1.40 bits per heavy atom. The van der Waals surface area contributed by atoms with Crippen LogP contribution in [0.4, 0.5) is 5.82 Å². The Morgan fingerprint density at radius 2 is 2.20 bits per heavy atom. The molecule has 1 aliphatic heterocycles. The predicted molar refractivity (Wildman–Crippen MR) is 91.8 cm³/mol. The third kappa shape index (κ3) is 2.59. The van der Waals surface area contributed by atoms with E-state index in [0.717, 1.165) is 12.2 Å². The summed E-state index contributed by atoms with van der Waals surface area (Å²) >= 11 is 1.53. The van der Waals surface area contributed by atoms with Crippen LogP contribution < -0.4 is 5.73 Å². The topological polar surface area (TPSA) is 121 Å². The van der Waals surface area contributed by atoms with Gasteiger partial charge < -0.3 is 20.3 Å². The molecule has 2 aromatic rings. The van der Waals surface area contributed by atoms with E-state index in [-0.39, 0.29) is 0 Å². The molecule has 1 aliphatic carbocycles. The highest BCUT2D eigenvalue weighted by atomic mass is 32.2. The van der Waals surface area contributed by atoms with Crippen LogP contribution >= 0.6 is 11.8 Å². The van der Waals surface area contributed by atoms with Gasteiger partial charge in [0.1, 0.15) is 6.10 Å². The maximum Gasteiger partial charge on any atom is 0.196 e. The van der Waals surface area contributed by atoms with E-state index in [0.29, 0.717) is 35.0 Å². The largest absolute Gasteiger partial charge is 0.390 e. The van der Waals surface area contributed by atoms with E-state index in [9.17, 15) is 5.11 Å². The zero-order chi connectivity index (χ0) is 17.8. The first-order chi connectivity index (χ1) is 11.9. The van der Waals surface area contributed by atoms with Crippen molar-refractivity contribution in [1.29, 1.82) is 0 Å². The molecule has 2 aromatic heterocycles. The van der Waals surface area contributed by atoms with Crippen molar-refractivity contribution in [2.45, 2.75) is 68.9 Å². The molecule has 0 unspecified atom stereocenters. The lowest BCUT2D eigenvalue weighted by atomic mass is 10.1. The second-order valence-corrected chi connectivity index (χ2v) is 7.97. The first kappa shape index (κ1) is 17.0. The van der Waals surface area contributed by atoms with Crippen LogP contribution in [0.3, 0.4) is 0 Å². The van der Waals surface area contributed by atoms with Gasteiger partial charge >= 0.3 is 0 Å². The van der Waals surface area contributed by atoms with Crippen molar-refractivity contribution in [2.24, 2.45) is 0 Å². The summed E-state index contributed by atoms with van der Waals surface area (Å²) in [5.41, 5.74) is 6.06. The molecule has 9 nitrogen and oxygen atoms in total. The third-order valence-corrected chi connectivity index (χ3v) is 5.58. The minimum Gasteiger partial charge on any atom is -0.390 e. The molecule has 1 saturated heterocycles. The molecule has 10 heteroatoms. The summed E-state index contributed by atoms with van der Waals surface area (Å²) in [4.78, 5) is 8.90. The van der Waals surface area contributed by atoms with Crippen molar-refractivity contribution in [3.63, 3.8) is 0 Å². The second-order valence-electron chi connectivity index (χ2n) is 6.90. The summed E-state index contributed by atoms with van der Waals surface area (Å²) in [5.74, 6) is 0.355. The van der Waals surface area contributed by atoms with Crippen molar-refractivity contribution in [3.05, 3.63) is 0 Å². The van der Waals surface area contributed by atoms with Crippen molar-refractivity contribution >= 4 is 28.7 Å². The molecule has 2 fully saturated rings. The highest BCUT2D eigenvalue weighted by molar-refractivity contribution is 7.99. The molecular formula is C15H22N6O3S. The number of thioether (sulfide) groups is 1. The lowest BCUT2D eigenvalue weighted by molar-refractivity contribution is -0.191. The molecule has 4 rings (SSSR count). The number of aliphatic hydroxyl groups is 1. The van der Waals surface area contributed by atoms with Gasteiger partial charge in [-0.15, -0.1) is 5.10 Å². The molecule has 3 N–H and O–H groups in total. The van der Waals surface area contributed by atoms with Crippen LogP contribution in [0.15, 0.2) is 5.16 Å². The number of aromatic nitrogens is 5. The first-order valence-corrected chi connectivity index (χ1v) is 9.43. The van der Waals surface area contributed by atoms with Gasteiger partial charge in [0.2, 0.25) is 0 Å². The highest BCUT2D eigenvalue weighted by Crippen LogP contribution is 2.50. The SMILES string of the molecule is CCCSc1nc(N)c2nnn([C@@]34CC[C@H](O)[C@H]3OC(C)(C)O4)c2n1. The van der Waals surface area contributed by atoms with E-state index < -0.39 is 23.7 Å². The minimum atomic E-state index is -0.939. The third-order valence-electron chi connectivity index (χ3n) is 4.53. The van der Waals surface area contributed by atoms with E-state index in [2.05, 4.69) is 27.2 Å². The van der Waals surface area contributed by atoms with E-state index >= 15 is 0 Å². The number of hydrogen-bond donors (Lipinski definition) is 2. The average molecular weight is 366 g/mol. The predicted octanol–water partition coefficient (Wildman–Crippen LogP) is 1.26. The number of aliphatic hydroxyl groups excluding tert-OH is 1. The maximum absolute atomic E-state index is 10.4. The zero-order valence-electron chi connectivity index (χ0n) is 14.5. The molecular weight excluding hydrogens is 344 g/mol. The lowest BCUT2D eigenvalue weighted by Crippen LogP contribution is -2.43. The van der Waals surface area contributed by atoms with Crippen LogP contribution in [0.2, 0.25) is 0 Å². The fraction of sp³-hybridized carbons (Fsp3) is 0.733. The summed E-state index contributed by atoms with van der Waals surface area (Å²) in [6, 6.07) is 0. The highest BCUT2D eigenvalue weighted by Gasteiger charge is 2.62. The number of ether oxygens (including phenoxy) is 2. The fourth-order valence-corrected chi connectivity index (χ4v) is 4.28. The Kier molecular flexibility index (Phi) is 3.91. The summed E-state index contributed by atoms with van der Waals surface area (Å²) < 4.78 is 13.8. The smallest absolute Gasteiger partial charge is 0.196 e. The monoisotopic (exact) mass is 366 g/mol. The summed E-state index contributed by atoms with van der Waals surface area (Å²) in [5, 5.41) is 19.3. The molecule has 136 valence electrons. The number of nitrogen functional groups attached to an aromatic ring is 1. The average Bonchev–Trinajstić information content (AvgIpc) is 3.17. The Hall–Kier alpha value is -1.49. The lowest BCUT2D eigenvalue weighted by Gasteiger charge is -2.28. The van der Waals surface area contributed by atoms with Gasteiger partial charge in [0.15, 0.2) is 33.7 Å². The Labute approximate surface area is 149 Å². The van der Waals surface area contributed by atoms with Crippen LogP contribution in [0.5, 0.6) is 0 Å². The first-order valence-electron chi connectivity index (χ1n) is 8.44. The summed E-state index contributed by atoms with van der Waals surface area (Å²) in [6.07, 6.45) is 0.958. The van der Waals surface area contributed by atoms with E-state index in [1.54, 1.807) is 4.68 Å². The van der Waals surface area contributed by atoms with Gasteiger partial charge in [-0.05, 0) is 26.7 Å². The van der Waals surface area contributed by atoms with Gasteiger partial charge in [-0.3, -0.25) is 0 Å². The standard InChI is InChI=1S/C15H22N6O3S/c1-4-7-25-13-17-11(16)9-12(18-13)21(20-19-9)15-6-5-8(22)10(15)23-14(2,3)24-15/h8,10,22H,4-7H2,1-3H3,(H2,16,17,18)/t8-,10+,15+/m0/s1. The molecule has 0 bridgehead atoms. The van der Waals surface area contributed by atoms with Crippen LogP contribution in [-0.4, -0.2) is 53.8 Å². The molecule has 3 atom stereocenters. The quantitative estimate of drug-likeness (QED) is 0.608. The molecule has 0 spiro atoms. The minimum absolute atomic E-state index is 0.291. The Morgan fingerprint density at radius 3 is 2.96 bits per heavy atom. The van der Waals surface area contributed by atoms with Crippen LogP contribution in [0, 0.1) is 0 Å². The van der Waals surface area contributed by atoms with Crippen LogP contribution in [-0.2, 0) is 15.2 Å². The second kappa shape index (κ2) is 5.76. The van der Waals surface area contributed by atoms with E-state index in [1.807, 2.05) is 13.8 Å². The van der Waals surface area contributed by atoms with Crippen molar-refractivity contribution in [3.8, 4) is 0 Å². The van der Waals surface area contributed by atoms with Gasteiger partial charge in [-0.25, -0.2) is 9.97 Å². The van der Waals surface area contributed by atoms with E-state index in [1.165, 1.54) is 11.8 Å².